The molecule has 1 aliphatic rings. The summed E-state index contributed by atoms with van der Waals surface area (Å²) in [6.07, 6.45) is 5.07. The average Bonchev–Trinajstić information content (AvgIpc) is 1.95. The fourth-order valence-corrected chi connectivity index (χ4v) is 2.64. The highest BCUT2D eigenvalue weighted by atomic mass is 33.1. The van der Waals surface area contributed by atoms with Gasteiger partial charge in [-0.1, -0.05) is 10.8 Å². The molecule has 2 N–H and O–H groups in total. The number of nitrogens with two attached hydrogens (primary N) is 1. The lowest BCUT2D eigenvalue weighted by molar-refractivity contribution is 0.353. The van der Waals surface area contributed by atoms with E-state index in [9.17, 15) is 0 Å². The molecule has 0 bridgehead atoms. The zero-order valence-electron chi connectivity index (χ0n) is 6.12. The molecular weight excluding hydrogens is 162 g/mol. The first-order valence-electron chi connectivity index (χ1n) is 3.85. The lowest BCUT2D eigenvalue weighted by Gasteiger charge is -2.24. The van der Waals surface area contributed by atoms with E-state index < -0.39 is 0 Å². The van der Waals surface area contributed by atoms with Crippen molar-refractivity contribution in [3.63, 3.8) is 0 Å². The largest absolute Gasteiger partial charge is 0.328 e. The van der Waals surface area contributed by atoms with Gasteiger partial charge in [0.05, 0.1) is 0 Å². The van der Waals surface area contributed by atoms with Gasteiger partial charge in [-0.15, -0.1) is 11.7 Å². The maximum Gasteiger partial charge on any atom is 0.00628 e. The van der Waals surface area contributed by atoms with Gasteiger partial charge in [0.15, 0.2) is 0 Å². The summed E-state index contributed by atoms with van der Waals surface area (Å²) in [5.74, 6) is 2.10. The second kappa shape index (κ2) is 4.52. The van der Waals surface area contributed by atoms with Crippen molar-refractivity contribution in [1.82, 2.24) is 0 Å². The summed E-state index contributed by atoms with van der Waals surface area (Å²) in [5, 5.41) is 0. The van der Waals surface area contributed by atoms with Crippen molar-refractivity contribution < 1.29 is 0 Å². The van der Waals surface area contributed by atoms with Gasteiger partial charge >= 0.3 is 0 Å². The molecule has 0 unspecified atom stereocenters. The topological polar surface area (TPSA) is 26.0 Å². The maximum atomic E-state index is 5.77. The molecule has 0 aromatic rings. The summed E-state index contributed by atoms with van der Waals surface area (Å²) in [6, 6.07) is 0.487. The van der Waals surface area contributed by atoms with Gasteiger partial charge in [-0.2, -0.15) is 0 Å². The van der Waals surface area contributed by atoms with Crippen LogP contribution in [0.4, 0.5) is 0 Å². The molecule has 0 aliphatic heterocycles. The minimum absolute atomic E-state index is 0.487. The van der Waals surface area contributed by atoms with Gasteiger partial charge in [-0.25, -0.2) is 0 Å². The van der Waals surface area contributed by atoms with Gasteiger partial charge in [0.2, 0.25) is 0 Å². The molecular formula is C7H15NS2. The Hall–Kier alpha value is 0.660. The molecule has 10 heavy (non-hydrogen) atoms. The summed E-state index contributed by atoms with van der Waals surface area (Å²) < 4.78 is 0. The van der Waals surface area contributed by atoms with E-state index in [1.807, 2.05) is 0 Å². The van der Waals surface area contributed by atoms with E-state index in [2.05, 4.69) is 11.7 Å². The fourth-order valence-electron chi connectivity index (χ4n) is 1.46. The van der Waals surface area contributed by atoms with Crippen molar-refractivity contribution in [2.75, 3.05) is 5.75 Å². The number of hydrogen-bond acceptors (Lipinski definition) is 3. The van der Waals surface area contributed by atoms with E-state index in [1.165, 1.54) is 31.4 Å². The average molecular weight is 177 g/mol. The van der Waals surface area contributed by atoms with Crippen LogP contribution in [-0.4, -0.2) is 11.8 Å². The number of hydrogen-bond donors (Lipinski definition) is 2. The molecule has 0 saturated heterocycles. The Morgan fingerprint density at radius 3 is 2.40 bits per heavy atom. The van der Waals surface area contributed by atoms with Crippen molar-refractivity contribution in [1.29, 1.82) is 0 Å². The van der Waals surface area contributed by atoms with Crippen LogP contribution in [0, 0.1) is 5.92 Å². The van der Waals surface area contributed by atoms with Crippen LogP contribution in [0.1, 0.15) is 25.7 Å². The zero-order chi connectivity index (χ0) is 7.40. The van der Waals surface area contributed by atoms with Crippen molar-refractivity contribution in [3.05, 3.63) is 0 Å². The van der Waals surface area contributed by atoms with Crippen molar-refractivity contribution >= 4 is 22.5 Å². The van der Waals surface area contributed by atoms with Gasteiger partial charge in [0, 0.05) is 11.8 Å². The maximum absolute atomic E-state index is 5.77. The van der Waals surface area contributed by atoms with E-state index in [-0.39, 0.29) is 0 Å². The summed E-state index contributed by atoms with van der Waals surface area (Å²) in [6.45, 7) is 0. The van der Waals surface area contributed by atoms with Gasteiger partial charge in [0.1, 0.15) is 0 Å². The number of rotatable bonds is 2. The quantitative estimate of drug-likeness (QED) is 0.499. The Morgan fingerprint density at radius 2 is 1.90 bits per heavy atom. The minimum atomic E-state index is 0.487. The second-order valence-corrected chi connectivity index (χ2v) is 4.44. The van der Waals surface area contributed by atoms with Crippen LogP contribution in [0.2, 0.25) is 0 Å². The van der Waals surface area contributed by atoms with Crippen LogP contribution in [0.5, 0.6) is 0 Å². The molecule has 1 rings (SSSR count). The third-order valence-electron chi connectivity index (χ3n) is 2.20. The highest BCUT2D eigenvalue weighted by Crippen LogP contribution is 2.26. The van der Waals surface area contributed by atoms with Crippen LogP contribution < -0.4 is 5.73 Å². The Bertz CT molecular complexity index is 89.6. The normalized spacial score (nSPS) is 34.2. The van der Waals surface area contributed by atoms with Crippen LogP contribution >= 0.6 is 22.5 Å². The van der Waals surface area contributed by atoms with E-state index >= 15 is 0 Å². The monoisotopic (exact) mass is 177 g/mol. The molecule has 0 spiro atoms. The van der Waals surface area contributed by atoms with Crippen molar-refractivity contribution in [2.45, 2.75) is 31.7 Å². The predicted octanol–water partition coefficient (Wildman–Crippen LogP) is 2.08. The third-order valence-corrected chi connectivity index (χ3v) is 3.27. The van der Waals surface area contributed by atoms with Crippen LogP contribution in [0.3, 0.4) is 0 Å². The minimum Gasteiger partial charge on any atom is -0.328 e. The second-order valence-electron chi connectivity index (χ2n) is 3.08. The van der Waals surface area contributed by atoms with E-state index in [4.69, 9.17) is 5.73 Å². The van der Waals surface area contributed by atoms with E-state index in [0.717, 1.165) is 5.92 Å². The lowest BCUT2D eigenvalue weighted by Crippen LogP contribution is -2.27. The number of thiol groups is 1. The van der Waals surface area contributed by atoms with Crippen LogP contribution in [-0.2, 0) is 0 Å². The Morgan fingerprint density at radius 1 is 1.30 bits per heavy atom. The summed E-state index contributed by atoms with van der Waals surface area (Å²) in [5.41, 5.74) is 5.77. The van der Waals surface area contributed by atoms with E-state index in [1.54, 1.807) is 10.8 Å². The molecule has 1 fully saturated rings. The molecule has 0 radical (unpaired) electrons. The van der Waals surface area contributed by atoms with Gasteiger partial charge in [0.25, 0.3) is 0 Å². The molecule has 0 aromatic carbocycles. The smallest absolute Gasteiger partial charge is 0.00628 e. The highest BCUT2D eigenvalue weighted by molar-refractivity contribution is 8.68. The Kier molecular flexibility index (Phi) is 3.96. The van der Waals surface area contributed by atoms with E-state index in [0.29, 0.717) is 6.04 Å². The van der Waals surface area contributed by atoms with Gasteiger partial charge in [-0.05, 0) is 31.6 Å². The van der Waals surface area contributed by atoms with Gasteiger partial charge in [-0.3, -0.25) is 0 Å². The first-order chi connectivity index (χ1) is 4.83. The predicted molar refractivity (Wildman–Crippen MR) is 51.4 cm³/mol. The molecule has 0 heterocycles. The highest BCUT2D eigenvalue weighted by Gasteiger charge is 2.17. The first kappa shape index (κ1) is 8.75. The fraction of sp³-hybridized carbons (Fsp3) is 1.00. The molecule has 3 heteroatoms. The lowest BCUT2D eigenvalue weighted by atomic mass is 9.88. The summed E-state index contributed by atoms with van der Waals surface area (Å²) in [4.78, 5) is 0. The van der Waals surface area contributed by atoms with Crippen molar-refractivity contribution in [3.8, 4) is 0 Å². The Balaban J connectivity index is 2.13. The molecule has 60 valence electrons. The van der Waals surface area contributed by atoms with Gasteiger partial charge < -0.3 is 5.73 Å². The molecule has 1 aliphatic carbocycles. The summed E-state index contributed by atoms with van der Waals surface area (Å²) >= 11 is 4.14. The third kappa shape index (κ3) is 2.72. The molecule has 0 atom stereocenters. The molecule has 0 aromatic heterocycles. The SMILES string of the molecule is N[C@H]1CC[C@H](CSS)CC1. The Labute approximate surface area is 71.9 Å². The van der Waals surface area contributed by atoms with Crippen LogP contribution in [0.25, 0.3) is 0 Å². The molecule has 0 amide bonds. The van der Waals surface area contributed by atoms with Crippen LogP contribution in [0.15, 0.2) is 0 Å². The summed E-state index contributed by atoms with van der Waals surface area (Å²) in [7, 11) is 1.66. The molecule has 1 nitrogen and oxygen atoms in total. The first-order valence-corrected chi connectivity index (χ1v) is 5.88. The molecule has 1 saturated carbocycles. The zero-order valence-corrected chi connectivity index (χ0v) is 7.83. The standard InChI is InChI=1S/C7H15NS2/c8-7-3-1-6(2-4-7)5-10-9/h6-7,9H,1-5,8H2/t6-,7-. The van der Waals surface area contributed by atoms with Crippen molar-refractivity contribution in [2.24, 2.45) is 11.7 Å².